The van der Waals surface area contributed by atoms with E-state index < -0.39 is 26.9 Å². The number of nitrogens with one attached hydrogen (secondary N) is 1. The average Bonchev–Trinajstić information content (AvgIpc) is 3.31. The van der Waals surface area contributed by atoms with Crippen molar-refractivity contribution in [2.24, 2.45) is 0 Å². The van der Waals surface area contributed by atoms with E-state index in [0.717, 1.165) is 15.6 Å². The molecule has 0 bridgehead atoms. The number of amides is 1. The minimum absolute atomic E-state index is 0.0603. The second-order valence-corrected chi connectivity index (χ2v) is 9.80. The van der Waals surface area contributed by atoms with Gasteiger partial charge in [0, 0.05) is 18.7 Å². The molecule has 28 heavy (non-hydrogen) atoms. The summed E-state index contributed by atoms with van der Waals surface area (Å²) in [7, 11) is -2.51. The lowest BCUT2D eigenvalue weighted by Gasteiger charge is -2.23. The van der Waals surface area contributed by atoms with E-state index in [9.17, 15) is 23.3 Å². The van der Waals surface area contributed by atoms with Gasteiger partial charge in [-0.2, -0.15) is 4.31 Å². The first-order valence-corrected chi connectivity index (χ1v) is 10.8. The number of hydrogen-bond acceptors (Lipinski definition) is 7. The molecule has 0 aliphatic carbocycles. The molecule has 1 aliphatic rings. The van der Waals surface area contributed by atoms with Crippen LogP contribution in [0.3, 0.4) is 0 Å². The molecule has 1 atom stereocenters. The molecule has 0 saturated carbocycles. The fourth-order valence-electron chi connectivity index (χ4n) is 2.97. The quantitative estimate of drug-likeness (QED) is 0.539. The van der Waals surface area contributed by atoms with Crippen molar-refractivity contribution < 1.29 is 22.9 Å². The summed E-state index contributed by atoms with van der Waals surface area (Å²) in [5.41, 5.74) is -0.120. The number of halogens is 1. The SMILES string of the molecule is COc1ccc([N+](=O)[O-])cc1NC(=O)C1CCCN1S(=O)(=O)c1ccc(Cl)s1. The van der Waals surface area contributed by atoms with E-state index in [1.807, 2.05) is 0 Å². The minimum atomic E-state index is -3.87. The molecule has 3 rings (SSSR count). The molecule has 1 amide bonds. The average molecular weight is 446 g/mol. The number of non-ortho nitro benzene ring substituents is 1. The van der Waals surface area contributed by atoms with E-state index in [0.29, 0.717) is 17.2 Å². The highest BCUT2D eigenvalue weighted by Gasteiger charge is 2.40. The Bertz CT molecular complexity index is 1020. The smallest absolute Gasteiger partial charge is 0.271 e. The second kappa shape index (κ2) is 8.03. The number of rotatable bonds is 6. The number of carbonyl (C=O) groups is 1. The highest BCUT2D eigenvalue weighted by atomic mass is 35.5. The Labute approximate surface area is 170 Å². The topological polar surface area (TPSA) is 119 Å². The summed E-state index contributed by atoms with van der Waals surface area (Å²) in [6, 6.07) is 5.74. The molecule has 1 N–H and O–H groups in total. The molecular weight excluding hydrogens is 430 g/mol. The molecule has 2 heterocycles. The van der Waals surface area contributed by atoms with Gasteiger partial charge >= 0.3 is 0 Å². The zero-order chi connectivity index (χ0) is 20.5. The Kier molecular flexibility index (Phi) is 5.89. The lowest BCUT2D eigenvalue weighted by atomic mass is 10.2. The lowest BCUT2D eigenvalue weighted by molar-refractivity contribution is -0.384. The van der Waals surface area contributed by atoms with Crippen molar-refractivity contribution in [2.75, 3.05) is 19.0 Å². The predicted octanol–water partition coefficient (Wildman–Crippen LogP) is 3.11. The molecule has 0 radical (unpaired) electrons. The van der Waals surface area contributed by atoms with Crippen LogP contribution in [0, 0.1) is 10.1 Å². The number of sulfonamides is 1. The van der Waals surface area contributed by atoms with Crippen molar-refractivity contribution in [3.8, 4) is 5.75 Å². The van der Waals surface area contributed by atoms with Crippen LogP contribution in [0.4, 0.5) is 11.4 Å². The van der Waals surface area contributed by atoms with Crippen molar-refractivity contribution in [3.63, 3.8) is 0 Å². The van der Waals surface area contributed by atoms with Gasteiger partial charge in [0.05, 0.1) is 22.1 Å². The molecule has 150 valence electrons. The molecular formula is C16H16ClN3O6S2. The van der Waals surface area contributed by atoms with Crippen LogP contribution < -0.4 is 10.1 Å². The Morgan fingerprint density at radius 2 is 2.14 bits per heavy atom. The number of ether oxygens (including phenoxy) is 1. The molecule has 1 fully saturated rings. The fraction of sp³-hybridized carbons (Fsp3) is 0.312. The van der Waals surface area contributed by atoms with Crippen LogP contribution in [-0.4, -0.2) is 43.2 Å². The van der Waals surface area contributed by atoms with E-state index in [2.05, 4.69) is 5.32 Å². The van der Waals surface area contributed by atoms with Gasteiger partial charge < -0.3 is 10.1 Å². The molecule has 12 heteroatoms. The number of methoxy groups -OCH3 is 1. The number of hydrogen-bond donors (Lipinski definition) is 1. The zero-order valence-electron chi connectivity index (χ0n) is 14.6. The summed E-state index contributed by atoms with van der Waals surface area (Å²) >= 11 is 6.76. The van der Waals surface area contributed by atoms with Crippen LogP contribution in [0.15, 0.2) is 34.5 Å². The maximum absolute atomic E-state index is 12.9. The monoisotopic (exact) mass is 445 g/mol. The van der Waals surface area contributed by atoms with E-state index in [1.54, 1.807) is 0 Å². The van der Waals surface area contributed by atoms with Gasteiger partial charge in [0.25, 0.3) is 15.7 Å². The summed E-state index contributed by atoms with van der Waals surface area (Å²) in [4.78, 5) is 23.2. The number of thiophene rings is 1. The molecule has 0 spiro atoms. The molecule has 1 aromatic carbocycles. The first-order valence-electron chi connectivity index (χ1n) is 8.14. The highest BCUT2D eigenvalue weighted by molar-refractivity contribution is 7.91. The van der Waals surface area contributed by atoms with Crippen molar-refractivity contribution in [3.05, 3.63) is 44.8 Å². The Hall–Kier alpha value is -2.21. The number of carbonyl (C=O) groups excluding carboxylic acids is 1. The number of nitro groups is 1. The highest BCUT2D eigenvalue weighted by Crippen LogP contribution is 2.34. The molecule has 9 nitrogen and oxygen atoms in total. The maximum Gasteiger partial charge on any atom is 0.271 e. The van der Waals surface area contributed by atoms with Gasteiger partial charge in [0.2, 0.25) is 5.91 Å². The van der Waals surface area contributed by atoms with Gasteiger partial charge in [-0.15, -0.1) is 11.3 Å². The van der Waals surface area contributed by atoms with Crippen LogP contribution in [0.25, 0.3) is 0 Å². The molecule has 1 unspecified atom stereocenters. The first-order chi connectivity index (χ1) is 13.2. The Morgan fingerprint density at radius 3 is 2.75 bits per heavy atom. The molecule has 2 aromatic rings. The van der Waals surface area contributed by atoms with Gasteiger partial charge in [-0.25, -0.2) is 8.42 Å². The molecule has 1 saturated heterocycles. The molecule has 1 aliphatic heterocycles. The van der Waals surface area contributed by atoms with Gasteiger partial charge in [-0.3, -0.25) is 14.9 Å². The number of nitro benzene ring substituents is 1. The van der Waals surface area contributed by atoms with Crippen molar-refractivity contribution in [1.82, 2.24) is 4.31 Å². The van der Waals surface area contributed by atoms with E-state index in [1.165, 1.54) is 37.4 Å². The normalized spacial score (nSPS) is 17.4. The predicted molar refractivity (Wildman–Crippen MR) is 105 cm³/mol. The van der Waals surface area contributed by atoms with Crippen LogP contribution in [0.5, 0.6) is 5.75 Å². The summed E-state index contributed by atoms with van der Waals surface area (Å²) in [5.74, 6) is -0.348. The first kappa shape index (κ1) is 20.5. The van der Waals surface area contributed by atoms with Crippen molar-refractivity contribution >= 4 is 50.2 Å². The summed E-state index contributed by atoms with van der Waals surface area (Å²) in [6.45, 7) is 0.196. The second-order valence-electron chi connectivity index (χ2n) is 5.96. The van der Waals surface area contributed by atoms with Gasteiger partial charge in [-0.1, -0.05) is 11.6 Å². The van der Waals surface area contributed by atoms with Crippen LogP contribution in [0.1, 0.15) is 12.8 Å². The van der Waals surface area contributed by atoms with Crippen LogP contribution in [0.2, 0.25) is 4.34 Å². The third-order valence-electron chi connectivity index (χ3n) is 4.27. The van der Waals surface area contributed by atoms with E-state index in [-0.39, 0.29) is 27.9 Å². The minimum Gasteiger partial charge on any atom is -0.495 e. The van der Waals surface area contributed by atoms with Gasteiger partial charge in [-0.05, 0) is 31.0 Å². The van der Waals surface area contributed by atoms with Gasteiger partial charge in [0.15, 0.2) is 0 Å². The number of benzene rings is 1. The summed E-state index contributed by atoms with van der Waals surface area (Å²) in [5, 5.41) is 13.6. The van der Waals surface area contributed by atoms with E-state index >= 15 is 0 Å². The number of nitrogens with zero attached hydrogens (tertiary/aromatic N) is 2. The van der Waals surface area contributed by atoms with Gasteiger partial charge in [0.1, 0.15) is 16.0 Å². The summed E-state index contributed by atoms with van der Waals surface area (Å²) < 4.78 is 32.4. The maximum atomic E-state index is 12.9. The zero-order valence-corrected chi connectivity index (χ0v) is 17.0. The number of anilines is 1. The largest absolute Gasteiger partial charge is 0.495 e. The third-order valence-corrected chi connectivity index (χ3v) is 7.88. The Balaban J connectivity index is 1.86. The van der Waals surface area contributed by atoms with Crippen LogP contribution in [-0.2, 0) is 14.8 Å². The van der Waals surface area contributed by atoms with Crippen molar-refractivity contribution in [1.29, 1.82) is 0 Å². The van der Waals surface area contributed by atoms with E-state index in [4.69, 9.17) is 16.3 Å². The van der Waals surface area contributed by atoms with Crippen molar-refractivity contribution in [2.45, 2.75) is 23.1 Å². The van der Waals surface area contributed by atoms with Crippen LogP contribution >= 0.6 is 22.9 Å². The fourth-order valence-corrected chi connectivity index (χ4v) is 6.23. The lowest BCUT2D eigenvalue weighted by Crippen LogP contribution is -2.42. The molecule has 1 aromatic heterocycles. The third kappa shape index (κ3) is 3.97. The standard InChI is InChI=1S/C16H16ClN3O6S2/c1-26-13-5-4-10(20(22)23)9-11(13)18-16(21)12-3-2-8-19(12)28(24,25)15-7-6-14(17)27-15/h4-7,9,12H,2-3,8H2,1H3,(H,18,21). The summed E-state index contributed by atoms with van der Waals surface area (Å²) in [6.07, 6.45) is 0.851. The Morgan fingerprint density at radius 1 is 1.39 bits per heavy atom.